The summed E-state index contributed by atoms with van der Waals surface area (Å²) in [6.07, 6.45) is 0. The van der Waals surface area contributed by atoms with E-state index in [9.17, 15) is 28.1 Å². The number of sulfonamides is 1. The van der Waals surface area contributed by atoms with Gasteiger partial charge in [0.1, 0.15) is 12.3 Å². The zero-order chi connectivity index (χ0) is 23.5. The molecule has 0 spiro atoms. The molecule has 0 saturated carbocycles. The Balaban J connectivity index is 2.00. The van der Waals surface area contributed by atoms with Crippen molar-refractivity contribution in [3.05, 3.63) is 46.5 Å². The molecule has 0 aromatic heterocycles. The highest BCUT2D eigenvalue weighted by Crippen LogP contribution is 2.35. The van der Waals surface area contributed by atoms with Crippen LogP contribution in [0.1, 0.15) is 0 Å². The monoisotopic (exact) mass is 466 g/mol. The summed E-state index contributed by atoms with van der Waals surface area (Å²) in [5, 5.41) is 31.9. The molecule has 0 fully saturated rings. The van der Waals surface area contributed by atoms with E-state index in [1.54, 1.807) is 0 Å². The van der Waals surface area contributed by atoms with E-state index >= 15 is 0 Å². The molecule has 3 rings (SSSR count). The second-order valence-corrected chi connectivity index (χ2v) is 8.22. The number of nitrogens with one attached hydrogen (secondary N) is 2. The van der Waals surface area contributed by atoms with Crippen molar-refractivity contribution in [3.63, 3.8) is 0 Å². The summed E-state index contributed by atoms with van der Waals surface area (Å²) in [5.74, 6) is -1.82. The molecule has 170 valence electrons. The Kier molecular flexibility index (Phi) is 6.45. The molecule has 1 heterocycles. The van der Waals surface area contributed by atoms with E-state index < -0.39 is 40.0 Å². The number of carboxylic acids is 1. The van der Waals surface area contributed by atoms with Crippen molar-refractivity contribution in [3.8, 4) is 5.75 Å². The zero-order valence-corrected chi connectivity index (χ0v) is 17.2. The maximum atomic E-state index is 13.0. The first-order valence-corrected chi connectivity index (χ1v) is 10.6. The Labute approximate surface area is 181 Å². The summed E-state index contributed by atoms with van der Waals surface area (Å²) in [6, 6.07) is 7.02. The van der Waals surface area contributed by atoms with E-state index in [-0.39, 0.29) is 46.5 Å². The van der Waals surface area contributed by atoms with Crippen LogP contribution in [-0.2, 0) is 19.6 Å². The van der Waals surface area contributed by atoms with Crippen molar-refractivity contribution < 1.29 is 37.9 Å². The first kappa shape index (κ1) is 22.8. The van der Waals surface area contributed by atoms with Crippen LogP contribution in [0.3, 0.4) is 0 Å². The average Bonchev–Trinajstić information content (AvgIpc) is 2.74. The number of benzene rings is 2. The molecule has 4 N–H and O–H groups in total. The van der Waals surface area contributed by atoms with Gasteiger partial charge in [-0.1, -0.05) is 0 Å². The fourth-order valence-corrected chi connectivity index (χ4v) is 4.03. The molecule has 0 bridgehead atoms. The number of non-ortho nitro benzene ring substituents is 1. The second kappa shape index (κ2) is 9.07. The van der Waals surface area contributed by atoms with Crippen LogP contribution >= 0.6 is 0 Å². The smallest absolute Gasteiger partial charge is 0.323 e. The Bertz CT molecular complexity index is 1180. The first-order valence-electron chi connectivity index (χ1n) is 9.07. The number of carbonyl (C=O) groups excluding carboxylic acids is 1. The van der Waals surface area contributed by atoms with E-state index in [0.29, 0.717) is 0 Å². The van der Waals surface area contributed by atoms with Gasteiger partial charge in [0.2, 0.25) is 0 Å². The number of nitrogens with zero attached hydrogens (tertiary/aromatic N) is 2. The third kappa shape index (κ3) is 4.87. The van der Waals surface area contributed by atoms with Gasteiger partial charge in [0.25, 0.3) is 21.6 Å². The van der Waals surface area contributed by atoms with Gasteiger partial charge in [-0.05, 0) is 24.3 Å². The summed E-state index contributed by atoms with van der Waals surface area (Å²) in [6.45, 7) is -1.28. The first-order chi connectivity index (χ1) is 15.1. The van der Waals surface area contributed by atoms with Crippen molar-refractivity contribution in [1.29, 1.82) is 0 Å². The lowest BCUT2D eigenvalue weighted by Gasteiger charge is -2.28. The molecular weight excluding hydrogens is 448 g/mol. The quantitative estimate of drug-likeness (QED) is 0.301. The minimum Gasteiger partial charge on any atom is -0.482 e. The number of hydrogen-bond acceptors (Lipinski definition) is 9. The molecule has 0 aliphatic carbocycles. The maximum Gasteiger partial charge on any atom is 0.323 e. The molecule has 2 aromatic carbocycles. The number of hydrogen-bond donors (Lipinski definition) is 4. The SMILES string of the molecule is O=C(O)CN1C(=O)COc2ccc(S(=O)(=O)Nc3cc([N+](=O)[O-])ccc3NCCO)cc21. The summed E-state index contributed by atoms with van der Waals surface area (Å²) in [4.78, 5) is 34.1. The lowest BCUT2D eigenvalue weighted by atomic mass is 10.2. The number of aliphatic hydroxyl groups excluding tert-OH is 1. The second-order valence-electron chi connectivity index (χ2n) is 6.53. The third-order valence-electron chi connectivity index (χ3n) is 4.36. The van der Waals surface area contributed by atoms with Crippen molar-refractivity contribution in [2.45, 2.75) is 4.90 Å². The molecule has 0 atom stereocenters. The van der Waals surface area contributed by atoms with Crippen molar-refractivity contribution in [2.24, 2.45) is 0 Å². The van der Waals surface area contributed by atoms with Gasteiger partial charge in [-0.2, -0.15) is 0 Å². The van der Waals surface area contributed by atoms with Crippen LogP contribution < -0.4 is 19.7 Å². The minimum absolute atomic E-state index is 0.0378. The zero-order valence-electron chi connectivity index (χ0n) is 16.3. The number of aliphatic carboxylic acids is 1. The van der Waals surface area contributed by atoms with Crippen LogP contribution in [0.15, 0.2) is 41.3 Å². The fraction of sp³-hybridized carbons (Fsp3) is 0.222. The Hall–Kier alpha value is -3.91. The van der Waals surface area contributed by atoms with Crippen LogP contribution in [0.5, 0.6) is 5.75 Å². The molecule has 14 heteroatoms. The van der Waals surface area contributed by atoms with E-state index in [2.05, 4.69) is 10.0 Å². The van der Waals surface area contributed by atoms with Crippen molar-refractivity contribution in [1.82, 2.24) is 0 Å². The fourth-order valence-electron chi connectivity index (χ4n) is 2.94. The van der Waals surface area contributed by atoms with Crippen molar-refractivity contribution >= 4 is 44.6 Å². The van der Waals surface area contributed by atoms with E-state index in [1.807, 2.05) is 0 Å². The number of amides is 1. The number of nitro benzene ring substituents is 1. The van der Waals surface area contributed by atoms with E-state index in [4.69, 9.17) is 14.9 Å². The summed E-state index contributed by atoms with van der Waals surface area (Å²) in [7, 11) is -4.32. The van der Waals surface area contributed by atoms with Gasteiger partial charge < -0.3 is 20.3 Å². The van der Waals surface area contributed by atoms with Gasteiger partial charge >= 0.3 is 5.97 Å². The predicted molar refractivity (Wildman–Crippen MR) is 111 cm³/mol. The highest BCUT2D eigenvalue weighted by Gasteiger charge is 2.29. The van der Waals surface area contributed by atoms with E-state index in [0.717, 1.165) is 17.0 Å². The molecule has 1 aliphatic rings. The number of ether oxygens (including phenoxy) is 1. The van der Waals surface area contributed by atoms with Crippen LogP contribution in [-0.4, -0.2) is 61.7 Å². The number of carboxylic acid groups (broad SMARTS) is 1. The van der Waals surface area contributed by atoms with Crippen LogP contribution in [0.2, 0.25) is 0 Å². The molecule has 13 nitrogen and oxygen atoms in total. The minimum atomic E-state index is -4.32. The summed E-state index contributed by atoms with van der Waals surface area (Å²) < 4.78 is 33.4. The number of carbonyl (C=O) groups is 2. The van der Waals surface area contributed by atoms with Gasteiger partial charge in [-0.15, -0.1) is 0 Å². The topological polar surface area (TPSA) is 188 Å². The maximum absolute atomic E-state index is 13.0. The largest absolute Gasteiger partial charge is 0.482 e. The number of aliphatic hydroxyl groups is 1. The van der Waals surface area contributed by atoms with Gasteiger partial charge in [0, 0.05) is 18.7 Å². The molecule has 0 unspecified atom stereocenters. The van der Waals surface area contributed by atoms with Gasteiger partial charge in [-0.25, -0.2) is 8.42 Å². The van der Waals surface area contributed by atoms with E-state index in [1.165, 1.54) is 24.3 Å². The highest BCUT2D eigenvalue weighted by atomic mass is 32.2. The molecule has 0 radical (unpaired) electrons. The summed E-state index contributed by atoms with van der Waals surface area (Å²) in [5.41, 5.74) is -0.351. The molecular formula is C18H18N4O9S. The predicted octanol–water partition coefficient (Wildman–Crippen LogP) is 0.610. The summed E-state index contributed by atoms with van der Waals surface area (Å²) >= 11 is 0. The third-order valence-corrected chi connectivity index (χ3v) is 5.73. The molecule has 32 heavy (non-hydrogen) atoms. The average molecular weight is 466 g/mol. The van der Waals surface area contributed by atoms with Crippen LogP contribution in [0.4, 0.5) is 22.7 Å². The standard InChI is InChI=1S/C18H18N4O9S/c23-6-5-19-13-3-1-11(22(27)28)7-14(13)20-32(29,30)12-2-4-16-15(8-12)21(9-18(25)26)17(24)10-31-16/h1-4,7-8,19-20,23H,5-6,9-10H2,(H,25,26). The van der Waals surface area contributed by atoms with Gasteiger partial charge in [0.05, 0.1) is 33.5 Å². The molecule has 0 saturated heterocycles. The van der Waals surface area contributed by atoms with Gasteiger partial charge in [-0.3, -0.25) is 29.3 Å². The number of rotatable bonds is 9. The normalized spacial score (nSPS) is 13.2. The molecule has 1 aliphatic heterocycles. The lowest BCUT2D eigenvalue weighted by Crippen LogP contribution is -2.42. The highest BCUT2D eigenvalue weighted by molar-refractivity contribution is 7.92. The molecule has 1 amide bonds. The number of anilines is 3. The van der Waals surface area contributed by atoms with Gasteiger partial charge in [0.15, 0.2) is 6.61 Å². The van der Waals surface area contributed by atoms with Crippen LogP contribution in [0, 0.1) is 10.1 Å². The van der Waals surface area contributed by atoms with Crippen LogP contribution in [0.25, 0.3) is 0 Å². The Morgan fingerprint density at radius 2 is 1.97 bits per heavy atom. The number of nitro groups is 1. The Morgan fingerprint density at radius 3 is 2.62 bits per heavy atom. The number of fused-ring (bicyclic) bond motifs is 1. The molecule has 2 aromatic rings. The Morgan fingerprint density at radius 1 is 1.22 bits per heavy atom. The lowest BCUT2D eigenvalue weighted by molar-refractivity contribution is -0.384. The van der Waals surface area contributed by atoms with Crippen molar-refractivity contribution in [2.75, 3.05) is 41.2 Å².